The molecular weight excluding hydrogens is 378 g/mol. The number of aromatic nitrogens is 8. The summed E-state index contributed by atoms with van der Waals surface area (Å²) in [6.45, 7) is 2.77. The number of nitrogens with one attached hydrogen (secondary N) is 2. The zero-order valence-corrected chi connectivity index (χ0v) is 16.3. The molecule has 0 radical (unpaired) electrons. The molecule has 4 heterocycles. The van der Waals surface area contributed by atoms with Crippen LogP contribution in [0.1, 0.15) is 18.2 Å². The van der Waals surface area contributed by atoms with Gasteiger partial charge in [0.1, 0.15) is 11.5 Å². The van der Waals surface area contributed by atoms with Gasteiger partial charge in [0.05, 0.1) is 6.20 Å². The first-order valence-electron chi connectivity index (χ1n) is 9.68. The fourth-order valence-corrected chi connectivity index (χ4v) is 3.35. The van der Waals surface area contributed by atoms with Crippen LogP contribution >= 0.6 is 0 Å². The first-order chi connectivity index (χ1) is 14.8. The van der Waals surface area contributed by atoms with Crippen molar-refractivity contribution in [3.63, 3.8) is 0 Å². The number of rotatable bonds is 6. The quantitative estimate of drug-likeness (QED) is 0.453. The van der Waals surface area contributed by atoms with Crippen molar-refractivity contribution < 1.29 is 0 Å². The molecule has 0 aliphatic carbocycles. The standard InChI is InChI=1S/C21H19N9/c1-2-16-12-19(30-18(25-16)9-11-24-30)23-13-14-5-7-15(8-6-14)17-4-3-10-22-20(17)21-26-28-29-27-21/h3-12,23H,2,13H2,1H3,(H,26,27,28,29). The highest BCUT2D eigenvalue weighted by Crippen LogP contribution is 2.28. The molecule has 0 bridgehead atoms. The van der Waals surface area contributed by atoms with E-state index in [1.54, 1.807) is 12.4 Å². The number of hydrogen-bond acceptors (Lipinski definition) is 7. The minimum atomic E-state index is 0.545. The second-order valence-electron chi connectivity index (χ2n) is 6.79. The van der Waals surface area contributed by atoms with Crippen LogP contribution in [0.2, 0.25) is 0 Å². The van der Waals surface area contributed by atoms with Crippen molar-refractivity contribution in [2.75, 3.05) is 5.32 Å². The maximum atomic E-state index is 4.58. The monoisotopic (exact) mass is 397 g/mol. The fourth-order valence-electron chi connectivity index (χ4n) is 3.35. The topological polar surface area (TPSA) is 110 Å². The third kappa shape index (κ3) is 3.37. The van der Waals surface area contributed by atoms with Crippen molar-refractivity contribution in [2.45, 2.75) is 19.9 Å². The molecule has 0 fully saturated rings. The molecule has 5 rings (SSSR count). The van der Waals surface area contributed by atoms with E-state index in [1.807, 2.05) is 28.8 Å². The molecule has 0 saturated heterocycles. The van der Waals surface area contributed by atoms with Crippen molar-refractivity contribution in [3.05, 3.63) is 72.2 Å². The van der Waals surface area contributed by atoms with E-state index in [1.165, 1.54) is 0 Å². The van der Waals surface area contributed by atoms with Crippen LogP contribution in [0.4, 0.5) is 5.82 Å². The third-order valence-electron chi connectivity index (χ3n) is 4.89. The lowest BCUT2D eigenvalue weighted by molar-refractivity contribution is 0.881. The number of anilines is 1. The van der Waals surface area contributed by atoms with Gasteiger partial charge in [-0.1, -0.05) is 37.3 Å². The number of aryl methyl sites for hydroxylation is 1. The van der Waals surface area contributed by atoms with E-state index in [4.69, 9.17) is 0 Å². The van der Waals surface area contributed by atoms with E-state index >= 15 is 0 Å². The number of fused-ring (bicyclic) bond motifs is 1. The Bertz CT molecular complexity index is 1270. The molecule has 9 heteroatoms. The van der Waals surface area contributed by atoms with Crippen LogP contribution in [0.15, 0.2) is 60.9 Å². The Morgan fingerprint density at radius 3 is 2.77 bits per heavy atom. The van der Waals surface area contributed by atoms with Gasteiger partial charge in [-0.15, -0.1) is 5.10 Å². The zero-order valence-electron chi connectivity index (χ0n) is 16.3. The molecule has 0 aliphatic heterocycles. The van der Waals surface area contributed by atoms with Crippen LogP contribution < -0.4 is 5.32 Å². The van der Waals surface area contributed by atoms with E-state index in [0.717, 1.165) is 46.0 Å². The summed E-state index contributed by atoms with van der Waals surface area (Å²) in [4.78, 5) is 9.02. The third-order valence-corrected chi connectivity index (χ3v) is 4.89. The van der Waals surface area contributed by atoms with E-state index in [-0.39, 0.29) is 0 Å². The summed E-state index contributed by atoms with van der Waals surface area (Å²) in [5, 5.41) is 21.9. The second kappa shape index (κ2) is 7.70. The lowest BCUT2D eigenvalue weighted by Gasteiger charge is -2.11. The second-order valence-corrected chi connectivity index (χ2v) is 6.79. The first-order valence-corrected chi connectivity index (χ1v) is 9.68. The van der Waals surface area contributed by atoms with Gasteiger partial charge in [-0.3, -0.25) is 4.98 Å². The smallest absolute Gasteiger partial charge is 0.198 e. The number of tetrazole rings is 1. The van der Waals surface area contributed by atoms with E-state index in [2.05, 4.69) is 72.2 Å². The number of pyridine rings is 1. The Labute approximate surface area is 172 Å². The molecule has 30 heavy (non-hydrogen) atoms. The van der Waals surface area contributed by atoms with Crippen LogP contribution in [-0.4, -0.2) is 40.2 Å². The average molecular weight is 397 g/mol. The number of benzene rings is 1. The predicted molar refractivity (Wildman–Crippen MR) is 113 cm³/mol. The summed E-state index contributed by atoms with van der Waals surface area (Å²) in [5.74, 6) is 1.47. The van der Waals surface area contributed by atoms with Crippen LogP contribution in [0.25, 0.3) is 28.3 Å². The van der Waals surface area contributed by atoms with Crippen LogP contribution in [0.3, 0.4) is 0 Å². The molecule has 0 saturated carbocycles. The Kier molecular flexibility index (Phi) is 4.60. The highest BCUT2D eigenvalue weighted by molar-refractivity contribution is 5.77. The van der Waals surface area contributed by atoms with Crippen LogP contribution in [-0.2, 0) is 13.0 Å². The maximum Gasteiger partial charge on any atom is 0.198 e. The van der Waals surface area contributed by atoms with Crippen molar-refractivity contribution in [2.24, 2.45) is 0 Å². The highest BCUT2D eigenvalue weighted by Gasteiger charge is 2.12. The van der Waals surface area contributed by atoms with Crippen molar-refractivity contribution >= 4 is 11.5 Å². The van der Waals surface area contributed by atoms with Crippen LogP contribution in [0, 0.1) is 0 Å². The maximum absolute atomic E-state index is 4.58. The molecule has 2 N–H and O–H groups in total. The van der Waals surface area contributed by atoms with Gasteiger partial charge in [-0.25, -0.2) is 10.1 Å². The summed E-state index contributed by atoms with van der Waals surface area (Å²) in [5.41, 5.74) is 5.77. The lowest BCUT2D eigenvalue weighted by Crippen LogP contribution is -2.07. The van der Waals surface area contributed by atoms with Gasteiger partial charge in [0.25, 0.3) is 0 Å². The van der Waals surface area contributed by atoms with E-state index in [0.29, 0.717) is 12.4 Å². The molecule has 9 nitrogen and oxygen atoms in total. The van der Waals surface area contributed by atoms with Gasteiger partial charge >= 0.3 is 0 Å². The normalized spacial score (nSPS) is 11.1. The predicted octanol–water partition coefficient (Wildman–Crippen LogP) is 3.15. The molecular formula is C21H19N9. The largest absolute Gasteiger partial charge is 0.366 e. The number of aromatic amines is 1. The van der Waals surface area contributed by atoms with E-state index in [9.17, 15) is 0 Å². The minimum absolute atomic E-state index is 0.545. The Hall–Kier alpha value is -4.14. The highest BCUT2D eigenvalue weighted by atomic mass is 15.5. The molecule has 0 unspecified atom stereocenters. The number of hydrogen-bond donors (Lipinski definition) is 2. The van der Waals surface area contributed by atoms with Gasteiger partial charge in [0, 0.05) is 36.1 Å². The van der Waals surface area contributed by atoms with Crippen molar-refractivity contribution in [3.8, 4) is 22.6 Å². The van der Waals surface area contributed by atoms with Gasteiger partial charge in [0.2, 0.25) is 0 Å². The molecule has 148 valence electrons. The molecule has 5 aromatic rings. The molecule has 0 atom stereocenters. The fraction of sp³-hybridized carbons (Fsp3) is 0.143. The Morgan fingerprint density at radius 1 is 1.07 bits per heavy atom. The molecule has 0 amide bonds. The van der Waals surface area contributed by atoms with Gasteiger partial charge in [-0.2, -0.15) is 9.61 Å². The van der Waals surface area contributed by atoms with Crippen LogP contribution in [0.5, 0.6) is 0 Å². The Morgan fingerprint density at radius 2 is 1.97 bits per heavy atom. The van der Waals surface area contributed by atoms with Gasteiger partial charge < -0.3 is 5.32 Å². The minimum Gasteiger partial charge on any atom is -0.366 e. The van der Waals surface area contributed by atoms with Crippen molar-refractivity contribution in [1.82, 2.24) is 40.2 Å². The Balaban J connectivity index is 1.38. The molecule has 1 aromatic carbocycles. The van der Waals surface area contributed by atoms with Gasteiger partial charge in [-0.05, 0) is 34.0 Å². The summed E-state index contributed by atoms with van der Waals surface area (Å²) >= 11 is 0. The number of H-pyrrole nitrogens is 1. The SMILES string of the molecule is CCc1cc(NCc2ccc(-c3cccnc3-c3nnn[nH]3)cc2)n2nccc2n1. The summed E-state index contributed by atoms with van der Waals surface area (Å²) in [6, 6.07) is 16.2. The molecule has 4 aromatic heterocycles. The molecule has 0 aliphatic rings. The summed E-state index contributed by atoms with van der Waals surface area (Å²) in [7, 11) is 0. The summed E-state index contributed by atoms with van der Waals surface area (Å²) < 4.78 is 1.82. The lowest BCUT2D eigenvalue weighted by atomic mass is 10.0. The molecule has 0 spiro atoms. The zero-order chi connectivity index (χ0) is 20.3. The van der Waals surface area contributed by atoms with E-state index < -0.39 is 0 Å². The van der Waals surface area contributed by atoms with Crippen molar-refractivity contribution in [1.29, 1.82) is 0 Å². The van der Waals surface area contributed by atoms with Gasteiger partial charge in [0.15, 0.2) is 11.5 Å². The number of nitrogens with zero attached hydrogens (tertiary/aromatic N) is 7. The first kappa shape index (κ1) is 17.9. The summed E-state index contributed by atoms with van der Waals surface area (Å²) in [6.07, 6.45) is 4.37. The average Bonchev–Trinajstić information content (AvgIpc) is 3.50.